The van der Waals surface area contributed by atoms with E-state index in [4.69, 9.17) is 4.74 Å². The van der Waals surface area contributed by atoms with Crippen molar-refractivity contribution in [1.29, 1.82) is 0 Å². The summed E-state index contributed by atoms with van der Waals surface area (Å²) in [6.45, 7) is 1.46. The van der Waals surface area contributed by atoms with Crippen molar-refractivity contribution < 1.29 is 32.2 Å². The minimum Gasteiger partial charge on any atom is -0.479 e. The van der Waals surface area contributed by atoms with Crippen LogP contribution < -0.4 is 9.47 Å². The molecule has 0 aliphatic rings. The van der Waals surface area contributed by atoms with Gasteiger partial charge in [-0.15, -0.1) is 13.2 Å². The number of carbonyl (C=O) groups excluding carboxylic acids is 1. The number of methoxy groups -OCH3 is 1. The van der Waals surface area contributed by atoms with E-state index in [9.17, 15) is 18.0 Å². The highest BCUT2D eigenvalue weighted by atomic mass is 79.9. The number of esters is 1. The normalized spacial score (nSPS) is 12.7. The third-order valence-corrected chi connectivity index (χ3v) is 2.59. The predicted molar refractivity (Wildman–Crippen MR) is 62.9 cm³/mol. The molecule has 0 bridgehead atoms. The Bertz CT molecular complexity index is 462. The monoisotopic (exact) mass is 342 g/mol. The van der Waals surface area contributed by atoms with Crippen molar-refractivity contribution in [3.63, 3.8) is 0 Å². The molecule has 0 radical (unpaired) electrons. The molecule has 0 saturated carbocycles. The average molecular weight is 343 g/mol. The zero-order valence-corrected chi connectivity index (χ0v) is 11.5. The molecule has 8 heteroatoms. The van der Waals surface area contributed by atoms with Gasteiger partial charge in [0, 0.05) is 0 Å². The number of rotatable bonds is 4. The summed E-state index contributed by atoms with van der Waals surface area (Å²) in [5.41, 5.74) is 0. The van der Waals surface area contributed by atoms with Gasteiger partial charge in [-0.05, 0) is 41.1 Å². The SMILES string of the molecule is COC(=O)[C@@H](C)Oc1ccc(OC(F)(F)F)c(Br)c1. The van der Waals surface area contributed by atoms with Crippen molar-refractivity contribution >= 4 is 21.9 Å². The van der Waals surface area contributed by atoms with Gasteiger partial charge in [0.25, 0.3) is 0 Å². The Balaban J connectivity index is 2.80. The Kier molecular flexibility index (Phi) is 5.04. The summed E-state index contributed by atoms with van der Waals surface area (Å²) < 4.78 is 49.6. The van der Waals surface area contributed by atoms with Crippen molar-refractivity contribution in [3.8, 4) is 11.5 Å². The number of hydrogen-bond donors (Lipinski definition) is 0. The summed E-state index contributed by atoms with van der Waals surface area (Å²) in [5.74, 6) is -0.781. The van der Waals surface area contributed by atoms with Crippen LogP contribution in [0.4, 0.5) is 13.2 Å². The molecular weight excluding hydrogens is 333 g/mol. The molecule has 0 fully saturated rings. The van der Waals surface area contributed by atoms with E-state index >= 15 is 0 Å². The largest absolute Gasteiger partial charge is 0.573 e. The van der Waals surface area contributed by atoms with Crippen LogP contribution in [0.15, 0.2) is 22.7 Å². The van der Waals surface area contributed by atoms with Crippen molar-refractivity contribution in [2.45, 2.75) is 19.4 Å². The lowest BCUT2D eigenvalue weighted by Crippen LogP contribution is -2.24. The fourth-order valence-electron chi connectivity index (χ4n) is 1.18. The quantitative estimate of drug-likeness (QED) is 0.787. The molecule has 0 N–H and O–H groups in total. The number of carbonyl (C=O) groups is 1. The molecule has 0 spiro atoms. The summed E-state index contributed by atoms with van der Waals surface area (Å²) in [4.78, 5) is 11.1. The molecule has 0 aliphatic heterocycles. The lowest BCUT2D eigenvalue weighted by molar-refractivity contribution is -0.274. The highest BCUT2D eigenvalue weighted by Gasteiger charge is 2.32. The van der Waals surface area contributed by atoms with Gasteiger partial charge in [0.05, 0.1) is 11.6 Å². The van der Waals surface area contributed by atoms with Gasteiger partial charge in [-0.3, -0.25) is 0 Å². The summed E-state index contributed by atoms with van der Waals surface area (Å²) in [6.07, 6.45) is -5.64. The standard InChI is InChI=1S/C11H10BrF3O4/c1-6(10(16)17-2)18-7-3-4-9(8(12)5-7)19-11(13,14)15/h3-6H,1-2H3/t6-/m1/s1. The third-order valence-electron chi connectivity index (χ3n) is 1.98. The molecule has 0 unspecified atom stereocenters. The van der Waals surface area contributed by atoms with E-state index in [1.807, 2.05) is 0 Å². The molecule has 0 saturated heterocycles. The molecule has 106 valence electrons. The number of hydrogen-bond acceptors (Lipinski definition) is 4. The van der Waals surface area contributed by atoms with E-state index in [1.165, 1.54) is 26.2 Å². The van der Waals surface area contributed by atoms with Crippen LogP contribution in [0.1, 0.15) is 6.92 Å². The summed E-state index contributed by atoms with van der Waals surface area (Å²) in [7, 11) is 1.21. The fourth-order valence-corrected chi connectivity index (χ4v) is 1.62. The van der Waals surface area contributed by atoms with E-state index < -0.39 is 24.2 Å². The summed E-state index contributed by atoms with van der Waals surface area (Å²) in [6, 6.07) is 3.60. The van der Waals surface area contributed by atoms with E-state index in [-0.39, 0.29) is 10.2 Å². The Hall–Kier alpha value is -1.44. The first-order valence-electron chi connectivity index (χ1n) is 5.02. The van der Waals surface area contributed by atoms with E-state index in [0.29, 0.717) is 0 Å². The number of halogens is 4. The molecule has 1 atom stereocenters. The van der Waals surface area contributed by atoms with Gasteiger partial charge in [0.1, 0.15) is 11.5 Å². The van der Waals surface area contributed by atoms with Crippen LogP contribution in [0.2, 0.25) is 0 Å². The number of alkyl halides is 3. The molecule has 1 rings (SSSR count). The molecule has 0 aromatic heterocycles. The summed E-state index contributed by atoms with van der Waals surface area (Å²) in [5, 5.41) is 0. The smallest absolute Gasteiger partial charge is 0.479 e. The van der Waals surface area contributed by atoms with E-state index in [2.05, 4.69) is 25.4 Å². The van der Waals surface area contributed by atoms with Gasteiger partial charge in [-0.1, -0.05) is 0 Å². The lowest BCUT2D eigenvalue weighted by Gasteiger charge is -2.14. The molecule has 0 amide bonds. The van der Waals surface area contributed by atoms with Crippen LogP contribution in [0, 0.1) is 0 Å². The van der Waals surface area contributed by atoms with Gasteiger partial charge in [0.2, 0.25) is 0 Å². The van der Waals surface area contributed by atoms with Crippen molar-refractivity contribution in [2.24, 2.45) is 0 Å². The first kappa shape index (κ1) is 15.6. The highest BCUT2D eigenvalue weighted by Crippen LogP contribution is 2.33. The van der Waals surface area contributed by atoms with Crippen LogP contribution in [-0.2, 0) is 9.53 Å². The minimum absolute atomic E-state index is 0.0550. The molecule has 1 aromatic rings. The Morgan fingerprint density at radius 2 is 2.00 bits per heavy atom. The van der Waals surface area contributed by atoms with E-state index in [1.54, 1.807) is 0 Å². The first-order valence-corrected chi connectivity index (χ1v) is 5.82. The summed E-state index contributed by atoms with van der Waals surface area (Å²) >= 11 is 2.92. The first-order chi connectivity index (χ1) is 8.73. The minimum atomic E-state index is -4.77. The Labute approximate surface area is 115 Å². The fraction of sp³-hybridized carbons (Fsp3) is 0.364. The number of benzene rings is 1. The Morgan fingerprint density at radius 3 is 2.47 bits per heavy atom. The second-order valence-electron chi connectivity index (χ2n) is 3.42. The zero-order chi connectivity index (χ0) is 14.6. The number of ether oxygens (including phenoxy) is 3. The molecule has 0 heterocycles. The van der Waals surface area contributed by atoms with Crippen LogP contribution in [0.3, 0.4) is 0 Å². The molecule has 1 aromatic carbocycles. The van der Waals surface area contributed by atoms with Gasteiger partial charge >= 0.3 is 12.3 Å². The van der Waals surface area contributed by atoms with E-state index in [0.717, 1.165) is 6.07 Å². The molecule has 19 heavy (non-hydrogen) atoms. The van der Waals surface area contributed by atoms with Crippen LogP contribution in [-0.4, -0.2) is 25.5 Å². The second kappa shape index (κ2) is 6.14. The van der Waals surface area contributed by atoms with Crippen molar-refractivity contribution in [2.75, 3.05) is 7.11 Å². The maximum absolute atomic E-state index is 12.0. The van der Waals surface area contributed by atoms with Crippen LogP contribution in [0.25, 0.3) is 0 Å². The molecule has 0 aliphatic carbocycles. The zero-order valence-electron chi connectivity index (χ0n) is 9.95. The lowest BCUT2D eigenvalue weighted by atomic mass is 10.3. The highest BCUT2D eigenvalue weighted by molar-refractivity contribution is 9.10. The van der Waals surface area contributed by atoms with Gasteiger partial charge in [-0.2, -0.15) is 0 Å². The molecular formula is C11H10BrF3O4. The average Bonchev–Trinajstić information content (AvgIpc) is 2.30. The van der Waals surface area contributed by atoms with Crippen LogP contribution in [0.5, 0.6) is 11.5 Å². The van der Waals surface area contributed by atoms with Gasteiger partial charge < -0.3 is 14.2 Å². The Morgan fingerprint density at radius 1 is 1.37 bits per heavy atom. The third kappa shape index (κ3) is 4.98. The van der Waals surface area contributed by atoms with Crippen LogP contribution >= 0.6 is 15.9 Å². The topological polar surface area (TPSA) is 44.8 Å². The maximum Gasteiger partial charge on any atom is 0.573 e. The predicted octanol–water partition coefficient (Wildman–Crippen LogP) is 3.29. The van der Waals surface area contributed by atoms with Crippen molar-refractivity contribution in [3.05, 3.63) is 22.7 Å². The van der Waals surface area contributed by atoms with Gasteiger partial charge in [-0.25, -0.2) is 4.79 Å². The maximum atomic E-state index is 12.0. The van der Waals surface area contributed by atoms with Gasteiger partial charge in [0.15, 0.2) is 6.10 Å². The molecule has 4 nitrogen and oxygen atoms in total. The van der Waals surface area contributed by atoms with Crippen molar-refractivity contribution in [1.82, 2.24) is 0 Å². The second-order valence-corrected chi connectivity index (χ2v) is 4.28.